The molecule has 11 heteroatoms. The molecule has 7 aromatic carbocycles. The van der Waals surface area contributed by atoms with Gasteiger partial charge in [0, 0.05) is 40.4 Å². The van der Waals surface area contributed by atoms with Crippen LogP contribution in [0.3, 0.4) is 0 Å². The van der Waals surface area contributed by atoms with Gasteiger partial charge in [0.2, 0.25) is 5.75 Å². The van der Waals surface area contributed by atoms with E-state index < -0.39 is 5.97 Å². The van der Waals surface area contributed by atoms with E-state index in [4.69, 9.17) is 42.6 Å². The number of benzene rings is 7. The van der Waals surface area contributed by atoms with Crippen LogP contribution >= 0.6 is 0 Å². The zero-order chi connectivity index (χ0) is 48.4. The zero-order valence-corrected chi connectivity index (χ0v) is 40.0. The SMILES string of the molecule is CCOC(=O)c1c(-c2cc(OC)c(OCc3ccccc3)cc2OCc2ccccc2)c(-c2ccc(OC)c(OCc3ccccc3)c2)c2n1CCc1c-2cc(OC)c(OC)c1OCc1ccccc1. The van der Waals surface area contributed by atoms with Crippen molar-refractivity contribution in [2.45, 2.75) is 46.3 Å². The van der Waals surface area contributed by atoms with Gasteiger partial charge in [0.25, 0.3) is 0 Å². The molecule has 11 nitrogen and oxygen atoms in total. The van der Waals surface area contributed by atoms with E-state index in [2.05, 4.69) is 0 Å². The zero-order valence-electron chi connectivity index (χ0n) is 40.0. The van der Waals surface area contributed by atoms with Gasteiger partial charge in [0.15, 0.2) is 34.5 Å². The quantitative estimate of drug-likeness (QED) is 0.0686. The van der Waals surface area contributed by atoms with E-state index in [9.17, 15) is 4.79 Å². The number of methoxy groups -OCH3 is 4. The van der Waals surface area contributed by atoms with Crippen molar-refractivity contribution < 1.29 is 47.4 Å². The van der Waals surface area contributed by atoms with E-state index in [1.807, 2.05) is 162 Å². The normalized spacial score (nSPS) is 11.4. The van der Waals surface area contributed by atoms with Gasteiger partial charge in [0.1, 0.15) is 37.9 Å². The number of fused-ring (bicyclic) bond motifs is 3. The molecule has 0 atom stereocenters. The van der Waals surface area contributed by atoms with Gasteiger partial charge in [-0.2, -0.15) is 0 Å². The van der Waals surface area contributed by atoms with E-state index in [-0.39, 0.29) is 33.0 Å². The van der Waals surface area contributed by atoms with E-state index in [1.54, 1.807) is 35.4 Å². The summed E-state index contributed by atoms with van der Waals surface area (Å²) in [7, 11) is 6.43. The third-order valence-corrected chi connectivity index (χ3v) is 12.2. The first-order chi connectivity index (χ1) is 34.4. The van der Waals surface area contributed by atoms with Gasteiger partial charge in [-0.25, -0.2) is 4.79 Å². The number of aromatic nitrogens is 1. The van der Waals surface area contributed by atoms with Crippen molar-refractivity contribution >= 4 is 5.97 Å². The standard InChI is InChI=1S/C59H55NO10/c1-6-66-59(61)56-54(46-33-49(63-3)51(69-37-41-23-15-9-16-24-41)34-48(46)67-35-39-19-11-7-12-20-39)53(43-27-28-47(62-2)50(31-43)68-36-40-21-13-8-14-22-40)55-45-32-52(64-4)58(65-5)57(44(45)29-30-60(55)56)70-38-42-25-17-10-18-26-42/h7-28,31-34H,6,29-30,35-38H2,1-5H3. The fourth-order valence-corrected chi connectivity index (χ4v) is 8.92. The third kappa shape index (κ3) is 9.82. The number of carbonyl (C=O) groups excluding carboxylic acids is 1. The Morgan fingerprint density at radius 3 is 1.49 bits per heavy atom. The summed E-state index contributed by atoms with van der Waals surface area (Å²) in [5.74, 6) is 3.36. The first-order valence-corrected chi connectivity index (χ1v) is 23.2. The molecule has 0 unspecified atom stereocenters. The molecule has 2 heterocycles. The van der Waals surface area contributed by atoms with Crippen molar-refractivity contribution in [1.29, 1.82) is 0 Å². The third-order valence-electron chi connectivity index (χ3n) is 12.2. The number of esters is 1. The lowest BCUT2D eigenvalue weighted by Gasteiger charge is -2.27. The molecule has 0 spiro atoms. The Hall–Kier alpha value is -8.31. The second kappa shape index (κ2) is 21.8. The highest BCUT2D eigenvalue weighted by atomic mass is 16.5. The van der Waals surface area contributed by atoms with Crippen LogP contribution in [0.4, 0.5) is 0 Å². The molecule has 1 aliphatic heterocycles. The molecule has 0 aliphatic carbocycles. The second-order valence-electron chi connectivity index (χ2n) is 16.5. The minimum atomic E-state index is -0.513. The smallest absolute Gasteiger partial charge is 0.355 e. The number of ether oxygens (including phenoxy) is 9. The summed E-state index contributed by atoms with van der Waals surface area (Å²) in [4.78, 5) is 15.0. The fraction of sp³-hybridized carbons (Fsp3) is 0.203. The summed E-state index contributed by atoms with van der Waals surface area (Å²) in [6, 6.07) is 51.3. The first kappa shape index (κ1) is 46.8. The summed E-state index contributed by atoms with van der Waals surface area (Å²) in [5.41, 5.74) is 9.18. The van der Waals surface area contributed by atoms with Gasteiger partial charge >= 0.3 is 5.97 Å². The number of rotatable bonds is 20. The number of nitrogens with zero attached hydrogens (tertiary/aromatic N) is 1. The predicted octanol–water partition coefficient (Wildman–Crippen LogP) is 12.6. The maximum absolute atomic E-state index is 15.0. The minimum absolute atomic E-state index is 0.139. The number of hydrogen-bond acceptors (Lipinski definition) is 10. The lowest BCUT2D eigenvalue weighted by molar-refractivity contribution is 0.0514. The molecule has 356 valence electrons. The first-order valence-electron chi connectivity index (χ1n) is 23.2. The average Bonchev–Trinajstić information content (AvgIpc) is 3.77. The van der Waals surface area contributed by atoms with Crippen LogP contribution in [0, 0.1) is 0 Å². The monoisotopic (exact) mass is 937 g/mol. The lowest BCUT2D eigenvalue weighted by atomic mass is 9.89. The van der Waals surface area contributed by atoms with Gasteiger partial charge in [-0.3, -0.25) is 0 Å². The Bertz CT molecular complexity index is 3060. The van der Waals surface area contributed by atoms with Gasteiger partial charge in [0.05, 0.1) is 40.7 Å². The van der Waals surface area contributed by atoms with Gasteiger partial charge < -0.3 is 47.2 Å². The molecule has 0 bridgehead atoms. The summed E-state index contributed by atoms with van der Waals surface area (Å²) < 4.78 is 58.9. The Morgan fingerprint density at radius 1 is 0.471 bits per heavy atom. The molecular formula is C59H55NO10. The summed E-state index contributed by atoms with van der Waals surface area (Å²) >= 11 is 0. The molecule has 8 aromatic rings. The van der Waals surface area contributed by atoms with Crippen LogP contribution in [0.25, 0.3) is 33.5 Å². The highest BCUT2D eigenvalue weighted by Gasteiger charge is 2.38. The van der Waals surface area contributed by atoms with E-state index in [0.29, 0.717) is 81.3 Å². The van der Waals surface area contributed by atoms with Crippen molar-refractivity contribution in [3.63, 3.8) is 0 Å². The largest absolute Gasteiger partial charge is 0.493 e. The molecule has 1 aliphatic rings. The van der Waals surface area contributed by atoms with E-state index >= 15 is 0 Å². The molecule has 70 heavy (non-hydrogen) atoms. The topological polar surface area (TPSA) is 105 Å². The Morgan fingerprint density at radius 2 is 0.971 bits per heavy atom. The summed E-state index contributed by atoms with van der Waals surface area (Å²) in [6.07, 6.45) is 0.480. The molecular weight excluding hydrogens is 883 g/mol. The van der Waals surface area contributed by atoms with Crippen LogP contribution in [-0.2, 0) is 44.1 Å². The molecule has 0 saturated heterocycles. The number of hydrogen-bond donors (Lipinski definition) is 0. The Balaban J connectivity index is 1.33. The van der Waals surface area contributed by atoms with Gasteiger partial charge in [-0.05, 0) is 65.4 Å². The molecule has 0 fully saturated rings. The van der Waals surface area contributed by atoms with Crippen LogP contribution in [0.1, 0.15) is 45.2 Å². The highest BCUT2D eigenvalue weighted by molar-refractivity contribution is 6.08. The van der Waals surface area contributed by atoms with Crippen molar-refractivity contribution in [1.82, 2.24) is 4.57 Å². The van der Waals surface area contributed by atoms with Crippen LogP contribution in [-0.4, -0.2) is 45.6 Å². The van der Waals surface area contributed by atoms with Crippen LogP contribution in [0.15, 0.2) is 158 Å². The van der Waals surface area contributed by atoms with Crippen molar-refractivity contribution in [3.8, 4) is 79.5 Å². The Labute approximate surface area is 408 Å². The van der Waals surface area contributed by atoms with Crippen molar-refractivity contribution in [2.75, 3.05) is 35.0 Å². The highest BCUT2D eigenvalue weighted by Crippen LogP contribution is 2.56. The van der Waals surface area contributed by atoms with Crippen LogP contribution in [0.2, 0.25) is 0 Å². The minimum Gasteiger partial charge on any atom is -0.493 e. The number of carbonyl (C=O) groups is 1. The van der Waals surface area contributed by atoms with Crippen LogP contribution in [0.5, 0.6) is 46.0 Å². The van der Waals surface area contributed by atoms with Crippen molar-refractivity contribution in [2.24, 2.45) is 0 Å². The molecule has 1 aromatic heterocycles. The maximum Gasteiger partial charge on any atom is 0.355 e. The van der Waals surface area contributed by atoms with Crippen LogP contribution < -0.4 is 37.9 Å². The van der Waals surface area contributed by atoms with Gasteiger partial charge in [-0.15, -0.1) is 0 Å². The van der Waals surface area contributed by atoms with Crippen molar-refractivity contribution in [3.05, 3.63) is 191 Å². The molecule has 0 saturated carbocycles. The molecule has 0 N–H and O–H groups in total. The average molecular weight is 938 g/mol. The van der Waals surface area contributed by atoms with Gasteiger partial charge in [-0.1, -0.05) is 127 Å². The Kier molecular flexibility index (Phi) is 14.5. The summed E-state index contributed by atoms with van der Waals surface area (Å²) in [6.45, 7) is 3.39. The lowest BCUT2D eigenvalue weighted by Crippen LogP contribution is -2.19. The summed E-state index contributed by atoms with van der Waals surface area (Å²) in [5, 5.41) is 0. The molecule has 0 radical (unpaired) electrons. The fourth-order valence-electron chi connectivity index (χ4n) is 8.92. The molecule has 0 amide bonds. The van der Waals surface area contributed by atoms with E-state index in [1.165, 1.54) is 0 Å². The maximum atomic E-state index is 15.0. The van der Waals surface area contributed by atoms with E-state index in [0.717, 1.165) is 44.6 Å². The molecule has 9 rings (SSSR count). The predicted molar refractivity (Wildman–Crippen MR) is 270 cm³/mol. The second-order valence-corrected chi connectivity index (χ2v) is 16.5.